The molecule has 0 unspecified atom stereocenters. The van der Waals surface area contributed by atoms with Gasteiger partial charge in [-0.25, -0.2) is 4.79 Å². The molecule has 2 aromatic rings. The minimum absolute atomic E-state index is 0.0732. The molecule has 1 aliphatic heterocycles. The standard InChI is InChI=1S/C19H20N4O3/c20-12-15-13-22(19(26)21-18(15)25)11-9-17(24)23-10-5-1-2-6-14-7-3-4-8-16(14)23/h3-4,7-8,13H,1-2,5-6,9-11H2,(H,21,25,26). The maximum absolute atomic E-state index is 12.8. The van der Waals surface area contributed by atoms with E-state index in [9.17, 15) is 14.4 Å². The molecule has 3 rings (SSSR count). The fourth-order valence-corrected chi connectivity index (χ4v) is 3.23. The lowest BCUT2D eigenvalue weighted by Gasteiger charge is -2.27. The molecule has 0 saturated carbocycles. The predicted octanol–water partition coefficient (Wildman–Crippen LogP) is 1.56. The molecule has 1 aromatic carbocycles. The van der Waals surface area contributed by atoms with Crippen molar-refractivity contribution in [1.82, 2.24) is 9.55 Å². The van der Waals surface area contributed by atoms with Crippen molar-refractivity contribution in [3.63, 3.8) is 0 Å². The number of fused-ring (bicyclic) bond motifs is 1. The highest BCUT2D eigenvalue weighted by Crippen LogP contribution is 2.26. The Hall–Kier alpha value is -3.14. The average molecular weight is 352 g/mol. The second-order valence-corrected chi connectivity index (χ2v) is 6.34. The number of nitrogens with one attached hydrogen (secondary N) is 1. The molecule has 0 atom stereocenters. The van der Waals surface area contributed by atoms with E-state index in [0.717, 1.165) is 36.9 Å². The molecular weight excluding hydrogens is 332 g/mol. The third-order valence-electron chi connectivity index (χ3n) is 4.61. The molecule has 26 heavy (non-hydrogen) atoms. The third-order valence-corrected chi connectivity index (χ3v) is 4.61. The van der Waals surface area contributed by atoms with E-state index in [-0.39, 0.29) is 24.4 Å². The van der Waals surface area contributed by atoms with Crippen LogP contribution in [0.25, 0.3) is 0 Å². The Balaban J connectivity index is 1.80. The molecule has 2 heterocycles. The van der Waals surface area contributed by atoms with E-state index >= 15 is 0 Å². The SMILES string of the molecule is N#Cc1cn(CCC(=O)N2CCCCCc3ccccc32)c(=O)[nH]c1=O. The van der Waals surface area contributed by atoms with Gasteiger partial charge in [-0.2, -0.15) is 5.26 Å². The van der Waals surface area contributed by atoms with E-state index in [2.05, 4.69) is 4.98 Å². The molecule has 0 fully saturated rings. The number of H-pyrrole nitrogens is 1. The van der Waals surface area contributed by atoms with Gasteiger partial charge in [0, 0.05) is 31.4 Å². The van der Waals surface area contributed by atoms with Crippen LogP contribution >= 0.6 is 0 Å². The number of amides is 1. The lowest BCUT2D eigenvalue weighted by atomic mass is 10.0. The summed E-state index contributed by atoms with van der Waals surface area (Å²) in [6, 6.07) is 9.65. The van der Waals surface area contributed by atoms with E-state index in [1.165, 1.54) is 10.8 Å². The van der Waals surface area contributed by atoms with Crippen LogP contribution in [0.3, 0.4) is 0 Å². The summed E-state index contributed by atoms with van der Waals surface area (Å²) in [7, 11) is 0. The van der Waals surface area contributed by atoms with Gasteiger partial charge >= 0.3 is 5.69 Å². The molecule has 0 bridgehead atoms. The summed E-state index contributed by atoms with van der Waals surface area (Å²) in [5.74, 6) is -0.0732. The quantitative estimate of drug-likeness (QED) is 0.906. The van der Waals surface area contributed by atoms with Crippen LogP contribution in [-0.4, -0.2) is 22.0 Å². The summed E-state index contributed by atoms with van der Waals surface area (Å²) < 4.78 is 1.20. The second-order valence-electron chi connectivity index (χ2n) is 6.34. The van der Waals surface area contributed by atoms with Crippen molar-refractivity contribution in [2.45, 2.75) is 38.6 Å². The number of aryl methyl sites for hydroxylation is 2. The Labute approximate surface area is 150 Å². The number of carbonyl (C=O) groups excluding carboxylic acids is 1. The summed E-state index contributed by atoms with van der Waals surface area (Å²) in [5.41, 5.74) is 0.624. The zero-order valence-corrected chi connectivity index (χ0v) is 14.4. The number of rotatable bonds is 3. The number of hydrogen-bond acceptors (Lipinski definition) is 4. The first-order valence-electron chi connectivity index (χ1n) is 8.72. The van der Waals surface area contributed by atoms with Crippen LogP contribution in [0.5, 0.6) is 0 Å². The normalized spacial score (nSPS) is 14.0. The fourth-order valence-electron chi connectivity index (χ4n) is 3.23. The van der Waals surface area contributed by atoms with Crippen molar-refractivity contribution in [2.24, 2.45) is 0 Å². The van der Waals surface area contributed by atoms with E-state index in [1.54, 1.807) is 11.0 Å². The zero-order valence-electron chi connectivity index (χ0n) is 14.4. The first-order valence-corrected chi connectivity index (χ1v) is 8.72. The molecule has 134 valence electrons. The van der Waals surface area contributed by atoms with Crippen LogP contribution in [0.4, 0.5) is 5.69 Å². The van der Waals surface area contributed by atoms with Gasteiger partial charge in [-0.15, -0.1) is 0 Å². The van der Waals surface area contributed by atoms with E-state index in [4.69, 9.17) is 5.26 Å². The minimum atomic E-state index is -0.710. The summed E-state index contributed by atoms with van der Waals surface area (Å²) in [6.07, 6.45) is 5.40. The Kier molecular flexibility index (Phi) is 5.32. The molecule has 1 aromatic heterocycles. The number of benzene rings is 1. The van der Waals surface area contributed by atoms with Crippen molar-refractivity contribution < 1.29 is 4.79 Å². The van der Waals surface area contributed by atoms with Crippen LogP contribution in [-0.2, 0) is 17.8 Å². The molecule has 0 radical (unpaired) electrons. The first-order chi connectivity index (χ1) is 12.6. The van der Waals surface area contributed by atoms with Crippen LogP contribution in [0, 0.1) is 11.3 Å². The molecule has 7 nitrogen and oxygen atoms in total. The molecular formula is C19H20N4O3. The number of hydrogen-bond donors (Lipinski definition) is 1. The summed E-state index contributed by atoms with van der Waals surface area (Å²) in [5, 5.41) is 8.92. The lowest BCUT2D eigenvalue weighted by molar-refractivity contribution is -0.118. The van der Waals surface area contributed by atoms with Crippen molar-refractivity contribution in [2.75, 3.05) is 11.4 Å². The predicted molar refractivity (Wildman–Crippen MR) is 97.0 cm³/mol. The second kappa shape index (κ2) is 7.83. The number of anilines is 1. The summed E-state index contributed by atoms with van der Waals surface area (Å²) >= 11 is 0. The summed E-state index contributed by atoms with van der Waals surface area (Å²) in [6.45, 7) is 0.765. The number of carbonyl (C=O) groups is 1. The molecule has 0 saturated heterocycles. The largest absolute Gasteiger partial charge is 0.328 e. The summed E-state index contributed by atoms with van der Waals surface area (Å²) in [4.78, 5) is 40.0. The number of nitriles is 1. The molecule has 1 N–H and O–H groups in total. The zero-order chi connectivity index (χ0) is 18.5. The number of aromatic amines is 1. The van der Waals surface area contributed by atoms with Gasteiger partial charge < -0.3 is 4.90 Å². The fraction of sp³-hybridized carbons (Fsp3) is 0.368. The van der Waals surface area contributed by atoms with Crippen molar-refractivity contribution in [3.8, 4) is 6.07 Å². The highest BCUT2D eigenvalue weighted by molar-refractivity contribution is 5.94. The van der Waals surface area contributed by atoms with Crippen LogP contribution in [0.1, 0.15) is 36.8 Å². The van der Waals surface area contributed by atoms with Gasteiger partial charge in [0.1, 0.15) is 11.6 Å². The smallest absolute Gasteiger partial charge is 0.312 e. The van der Waals surface area contributed by atoms with Gasteiger partial charge in [-0.3, -0.25) is 19.1 Å². The lowest BCUT2D eigenvalue weighted by Crippen LogP contribution is -2.36. The van der Waals surface area contributed by atoms with Gasteiger partial charge in [0.25, 0.3) is 5.56 Å². The van der Waals surface area contributed by atoms with Gasteiger partial charge in [-0.1, -0.05) is 24.6 Å². The Morgan fingerprint density at radius 3 is 2.81 bits per heavy atom. The molecule has 7 heteroatoms. The van der Waals surface area contributed by atoms with E-state index in [1.807, 2.05) is 24.3 Å². The molecule has 1 amide bonds. The molecule has 0 aliphatic carbocycles. The molecule has 0 spiro atoms. The highest BCUT2D eigenvalue weighted by Gasteiger charge is 2.20. The van der Waals surface area contributed by atoms with Crippen molar-refractivity contribution >= 4 is 11.6 Å². The maximum Gasteiger partial charge on any atom is 0.328 e. The number of aromatic nitrogens is 2. The van der Waals surface area contributed by atoms with Gasteiger partial charge in [0.05, 0.1) is 0 Å². The van der Waals surface area contributed by atoms with Crippen molar-refractivity contribution in [1.29, 1.82) is 5.26 Å². The number of nitrogens with zero attached hydrogens (tertiary/aromatic N) is 3. The van der Waals surface area contributed by atoms with Crippen LogP contribution in [0.2, 0.25) is 0 Å². The van der Waals surface area contributed by atoms with Gasteiger partial charge in [0.2, 0.25) is 5.91 Å². The Morgan fingerprint density at radius 2 is 2.00 bits per heavy atom. The topological polar surface area (TPSA) is 99.0 Å². The van der Waals surface area contributed by atoms with Gasteiger partial charge in [0.15, 0.2) is 0 Å². The Morgan fingerprint density at radius 1 is 1.19 bits per heavy atom. The average Bonchev–Trinajstić information content (AvgIpc) is 2.61. The monoisotopic (exact) mass is 352 g/mol. The third kappa shape index (κ3) is 3.75. The van der Waals surface area contributed by atoms with Gasteiger partial charge in [-0.05, 0) is 30.9 Å². The van der Waals surface area contributed by atoms with E-state index < -0.39 is 11.2 Å². The highest BCUT2D eigenvalue weighted by atomic mass is 16.2. The maximum atomic E-state index is 12.8. The van der Waals surface area contributed by atoms with Crippen molar-refractivity contribution in [3.05, 3.63) is 62.4 Å². The van der Waals surface area contributed by atoms with Crippen LogP contribution < -0.4 is 16.1 Å². The van der Waals surface area contributed by atoms with Crippen LogP contribution in [0.15, 0.2) is 40.1 Å². The Bertz CT molecular complexity index is 968. The minimum Gasteiger partial charge on any atom is -0.312 e. The number of para-hydroxylation sites is 1. The van der Waals surface area contributed by atoms with E-state index in [0.29, 0.717) is 6.54 Å². The molecule has 1 aliphatic rings. The first kappa shape index (κ1) is 17.7.